The number of likely N-dealkylation sites (tertiary alicyclic amines) is 1. The maximum atomic E-state index is 14.0. The van der Waals surface area contributed by atoms with Crippen LogP contribution in [0.2, 0.25) is 0 Å². The Labute approximate surface area is 186 Å². The minimum absolute atomic E-state index is 0.110. The smallest absolute Gasteiger partial charge is 0.356 e. The summed E-state index contributed by atoms with van der Waals surface area (Å²) in [5, 5.41) is 0. The van der Waals surface area contributed by atoms with E-state index in [0.717, 1.165) is 56.3 Å². The molecule has 2 atom stereocenters. The van der Waals surface area contributed by atoms with Crippen LogP contribution in [0.15, 0.2) is 18.2 Å². The predicted molar refractivity (Wildman–Crippen MR) is 121 cm³/mol. The Bertz CT molecular complexity index is 704. The molecule has 1 amide bonds. The van der Waals surface area contributed by atoms with E-state index in [9.17, 15) is 9.59 Å². The second kappa shape index (κ2) is 12.8. The average molecular weight is 435 g/mol. The van der Waals surface area contributed by atoms with Crippen molar-refractivity contribution in [2.75, 3.05) is 45.4 Å². The SMILES string of the molecule is CCCCN1CCCCC1C(=O)N(c1c(C)cccc1C)C(OCCOC)C(=O)OC. The molecule has 1 fully saturated rings. The van der Waals surface area contributed by atoms with Gasteiger partial charge in [-0.05, 0) is 57.3 Å². The first-order valence-corrected chi connectivity index (χ1v) is 11.3. The van der Waals surface area contributed by atoms with Gasteiger partial charge in [-0.15, -0.1) is 0 Å². The molecule has 2 unspecified atom stereocenters. The first-order chi connectivity index (χ1) is 15.0. The number of carbonyl (C=O) groups is 2. The van der Waals surface area contributed by atoms with Crippen molar-refractivity contribution in [1.29, 1.82) is 0 Å². The van der Waals surface area contributed by atoms with Crippen LogP contribution in [0.25, 0.3) is 0 Å². The molecule has 1 aliphatic rings. The number of hydrogen-bond donors (Lipinski definition) is 0. The summed E-state index contributed by atoms with van der Waals surface area (Å²) in [5.74, 6) is -0.705. The molecule has 1 aliphatic heterocycles. The Morgan fingerprint density at radius 3 is 2.48 bits per heavy atom. The van der Waals surface area contributed by atoms with Crippen molar-refractivity contribution in [1.82, 2.24) is 4.90 Å². The van der Waals surface area contributed by atoms with Gasteiger partial charge in [-0.3, -0.25) is 14.6 Å². The molecule has 7 heteroatoms. The number of amides is 1. The van der Waals surface area contributed by atoms with Crippen molar-refractivity contribution >= 4 is 17.6 Å². The van der Waals surface area contributed by atoms with E-state index in [1.54, 1.807) is 7.11 Å². The van der Waals surface area contributed by atoms with E-state index >= 15 is 0 Å². The van der Waals surface area contributed by atoms with E-state index in [-0.39, 0.29) is 18.6 Å². The summed E-state index contributed by atoms with van der Waals surface area (Å²) in [6.07, 6.45) is 3.80. The lowest BCUT2D eigenvalue weighted by Crippen LogP contribution is -2.57. The maximum absolute atomic E-state index is 14.0. The zero-order chi connectivity index (χ0) is 22.8. The Morgan fingerprint density at radius 2 is 1.87 bits per heavy atom. The topological polar surface area (TPSA) is 68.3 Å². The fourth-order valence-electron chi connectivity index (χ4n) is 4.18. The third-order valence-corrected chi connectivity index (χ3v) is 5.82. The Balaban J connectivity index is 2.49. The highest BCUT2D eigenvalue weighted by Gasteiger charge is 2.40. The Kier molecular flexibility index (Phi) is 10.4. The number of piperidine rings is 1. The number of rotatable bonds is 11. The maximum Gasteiger partial charge on any atom is 0.356 e. The summed E-state index contributed by atoms with van der Waals surface area (Å²) in [6.45, 7) is 8.30. The molecule has 0 N–H and O–H groups in total. The third-order valence-electron chi connectivity index (χ3n) is 5.82. The molecule has 1 heterocycles. The van der Waals surface area contributed by atoms with Gasteiger partial charge in [0.05, 0.1) is 32.1 Å². The number of para-hydroxylation sites is 1. The Hall–Kier alpha value is -1.96. The van der Waals surface area contributed by atoms with Crippen molar-refractivity contribution in [3.05, 3.63) is 29.3 Å². The molecule has 1 aromatic rings. The quantitative estimate of drug-likeness (QED) is 0.302. The van der Waals surface area contributed by atoms with Gasteiger partial charge in [0.2, 0.25) is 12.1 Å². The van der Waals surface area contributed by atoms with Gasteiger partial charge in [-0.1, -0.05) is 38.0 Å². The summed E-state index contributed by atoms with van der Waals surface area (Å²) in [5.41, 5.74) is 2.53. The van der Waals surface area contributed by atoms with E-state index < -0.39 is 12.2 Å². The number of carbonyl (C=O) groups excluding carboxylic acids is 2. The normalized spacial score (nSPS) is 17.9. The number of nitrogens with zero attached hydrogens (tertiary/aromatic N) is 2. The average Bonchev–Trinajstić information content (AvgIpc) is 2.78. The van der Waals surface area contributed by atoms with Crippen LogP contribution < -0.4 is 4.90 Å². The molecular weight excluding hydrogens is 396 g/mol. The molecule has 174 valence electrons. The number of hydrogen-bond acceptors (Lipinski definition) is 6. The zero-order valence-electron chi connectivity index (χ0n) is 19.7. The zero-order valence-corrected chi connectivity index (χ0v) is 19.7. The predicted octanol–water partition coefficient (Wildman–Crippen LogP) is 3.45. The van der Waals surface area contributed by atoms with Gasteiger partial charge < -0.3 is 14.2 Å². The van der Waals surface area contributed by atoms with Gasteiger partial charge >= 0.3 is 5.97 Å². The first kappa shape index (κ1) is 25.3. The largest absolute Gasteiger partial charge is 0.466 e. The number of methoxy groups -OCH3 is 2. The van der Waals surface area contributed by atoms with Crippen LogP contribution in [-0.2, 0) is 23.8 Å². The highest BCUT2D eigenvalue weighted by atomic mass is 16.6. The van der Waals surface area contributed by atoms with E-state index in [1.165, 1.54) is 12.0 Å². The highest BCUT2D eigenvalue weighted by Crippen LogP contribution is 2.30. The summed E-state index contributed by atoms with van der Waals surface area (Å²) in [6, 6.07) is 5.56. The standard InChI is InChI=1S/C24H38N2O5/c1-6-7-14-25-15-9-8-13-20(25)22(27)26(21-18(2)11-10-12-19(21)3)23(24(28)30-5)31-17-16-29-4/h10-12,20,23H,6-9,13-17H2,1-5H3. The van der Waals surface area contributed by atoms with Crippen LogP contribution in [0, 0.1) is 13.8 Å². The van der Waals surface area contributed by atoms with Crippen molar-refractivity contribution in [3.8, 4) is 0 Å². The highest BCUT2D eigenvalue weighted by molar-refractivity contribution is 6.03. The number of benzene rings is 1. The molecular formula is C24H38N2O5. The lowest BCUT2D eigenvalue weighted by Gasteiger charge is -2.40. The van der Waals surface area contributed by atoms with Gasteiger partial charge in [-0.2, -0.15) is 0 Å². The number of unbranched alkanes of at least 4 members (excludes halogenated alkanes) is 1. The molecule has 0 spiro atoms. The minimum atomic E-state index is -1.16. The molecule has 0 saturated carbocycles. The van der Waals surface area contributed by atoms with Crippen molar-refractivity contribution < 1.29 is 23.8 Å². The van der Waals surface area contributed by atoms with Gasteiger partial charge in [0.15, 0.2) is 0 Å². The summed E-state index contributed by atoms with van der Waals surface area (Å²) >= 11 is 0. The van der Waals surface area contributed by atoms with Crippen LogP contribution in [0.3, 0.4) is 0 Å². The molecule has 1 aromatic carbocycles. The number of anilines is 1. The van der Waals surface area contributed by atoms with Gasteiger partial charge in [0.1, 0.15) is 0 Å². The van der Waals surface area contributed by atoms with Crippen LogP contribution in [0.4, 0.5) is 5.69 Å². The lowest BCUT2D eigenvalue weighted by atomic mass is 9.98. The second-order valence-electron chi connectivity index (χ2n) is 8.09. The van der Waals surface area contributed by atoms with E-state index in [4.69, 9.17) is 14.2 Å². The monoisotopic (exact) mass is 434 g/mol. The third kappa shape index (κ3) is 6.51. The first-order valence-electron chi connectivity index (χ1n) is 11.3. The van der Waals surface area contributed by atoms with Crippen LogP contribution in [0.1, 0.15) is 50.2 Å². The number of aryl methyl sites for hydroxylation is 2. The van der Waals surface area contributed by atoms with Crippen LogP contribution >= 0.6 is 0 Å². The molecule has 2 rings (SSSR count). The fourth-order valence-corrected chi connectivity index (χ4v) is 4.18. The van der Waals surface area contributed by atoms with Crippen LogP contribution in [-0.4, -0.2) is 69.6 Å². The molecule has 31 heavy (non-hydrogen) atoms. The molecule has 0 radical (unpaired) electrons. The van der Waals surface area contributed by atoms with Crippen molar-refractivity contribution in [3.63, 3.8) is 0 Å². The van der Waals surface area contributed by atoms with E-state index in [1.807, 2.05) is 32.0 Å². The molecule has 7 nitrogen and oxygen atoms in total. The van der Waals surface area contributed by atoms with Gasteiger partial charge in [0.25, 0.3) is 0 Å². The number of esters is 1. The minimum Gasteiger partial charge on any atom is -0.466 e. The van der Waals surface area contributed by atoms with Gasteiger partial charge in [-0.25, -0.2) is 4.79 Å². The molecule has 0 aromatic heterocycles. The number of ether oxygens (including phenoxy) is 3. The molecule has 0 bridgehead atoms. The fraction of sp³-hybridized carbons (Fsp3) is 0.667. The van der Waals surface area contributed by atoms with Crippen LogP contribution in [0.5, 0.6) is 0 Å². The van der Waals surface area contributed by atoms with Gasteiger partial charge in [0, 0.05) is 7.11 Å². The van der Waals surface area contributed by atoms with Crippen molar-refractivity contribution in [2.45, 2.75) is 65.1 Å². The lowest BCUT2D eigenvalue weighted by molar-refractivity contribution is -0.157. The van der Waals surface area contributed by atoms with E-state index in [0.29, 0.717) is 12.3 Å². The summed E-state index contributed by atoms with van der Waals surface area (Å²) < 4.78 is 16.0. The van der Waals surface area contributed by atoms with E-state index in [2.05, 4.69) is 11.8 Å². The Morgan fingerprint density at radius 1 is 1.16 bits per heavy atom. The molecule has 0 aliphatic carbocycles. The summed E-state index contributed by atoms with van der Waals surface area (Å²) in [7, 11) is 2.88. The summed E-state index contributed by atoms with van der Waals surface area (Å²) in [4.78, 5) is 30.6. The van der Waals surface area contributed by atoms with Crippen molar-refractivity contribution in [2.24, 2.45) is 0 Å². The molecule has 1 saturated heterocycles. The second-order valence-corrected chi connectivity index (χ2v) is 8.09.